The van der Waals surface area contributed by atoms with Gasteiger partial charge in [-0.05, 0) is 54.0 Å². The Kier molecular flexibility index (Phi) is 7.87. The van der Waals surface area contributed by atoms with Crippen molar-refractivity contribution < 1.29 is 19.0 Å². The van der Waals surface area contributed by atoms with E-state index in [0.717, 1.165) is 22.4 Å². The number of hydrogen-bond donors (Lipinski definition) is 0. The van der Waals surface area contributed by atoms with Crippen molar-refractivity contribution in [2.75, 3.05) is 13.7 Å². The molecule has 0 radical (unpaired) electrons. The summed E-state index contributed by atoms with van der Waals surface area (Å²) >= 11 is 6.79. The number of thioether (sulfide) groups is 1. The van der Waals surface area contributed by atoms with E-state index in [4.69, 9.17) is 26.4 Å². The predicted molar refractivity (Wildman–Crippen MR) is 140 cm³/mol. The van der Waals surface area contributed by atoms with E-state index in [1.54, 1.807) is 12.0 Å². The summed E-state index contributed by atoms with van der Waals surface area (Å²) in [6, 6.07) is 23.3. The first-order valence-corrected chi connectivity index (χ1v) is 12.1. The number of carbonyl (C=O) groups is 1. The summed E-state index contributed by atoms with van der Waals surface area (Å²) in [6.07, 6.45) is 1.84. The topological polar surface area (TPSA) is 48.0 Å². The first-order valence-electron chi connectivity index (χ1n) is 10.9. The lowest BCUT2D eigenvalue weighted by Gasteiger charge is -2.14. The van der Waals surface area contributed by atoms with Gasteiger partial charge in [-0.15, -0.1) is 0 Å². The molecule has 0 saturated carbocycles. The standard InChI is InChI=1S/C27H25NO4S2/c1-3-31-24-15-21(11-14-23(24)32-18-20-7-5-4-6-8-20)16-25-26(29)28(27(33)34-25)17-19-9-12-22(30-2)13-10-19/h4-16H,3,17-18H2,1-2H3/b25-16-. The van der Waals surface area contributed by atoms with Crippen LogP contribution in [0.1, 0.15) is 23.6 Å². The van der Waals surface area contributed by atoms with Crippen LogP contribution in [0.25, 0.3) is 6.08 Å². The second-order valence-corrected chi connectivity index (χ2v) is 9.21. The van der Waals surface area contributed by atoms with E-state index in [-0.39, 0.29) is 5.91 Å². The second kappa shape index (κ2) is 11.2. The zero-order valence-electron chi connectivity index (χ0n) is 19.0. The van der Waals surface area contributed by atoms with E-state index in [0.29, 0.717) is 40.5 Å². The maximum absolute atomic E-state index is 13.1. The highest BCUT2D eigenvalue weighted by Gasteiger charge is 2.32. The number of rotatable bonds is 9. The summed E-state index contributed by atoms with van der Waals surface area (Å²) in [7, 11) is 1.63. The van der Waals surface area contributed by atoms with E-state index in [2.05, 4.69) is 0 Å². The van der Waals surface area contributed by atoms with Gasteiger partial charge >= 0.3 is 0 Å². The number of amides is 1. The second-order valence-electron chi connectivity index (χ2n) is 7.53. The molecule has 3 aromatic rings. The minimum Gasteiger partial charge on any atom is -0.497 e. The van der Waals surface area contributed by atoms with Crippen LogP contribution < -0.4 is 14.2 Å². The third-order valence-corrected chi connectivity index (χ3v) is 6.55. The summed E-state index contributed by atoms with van der Waals surface area (Å²) in [4.78, 5) is 15.3. The minimum absolute atomic E-state index is 0.104. The maximum Gasteiger partial charge on any atom is 0.266 e. The Hall–Kier alpha value is -3.29. The molecule has 1 aliphatic heterocycles. The van der Waals surface area contributed by atoms with Gasteiger partial charge in [-0.1, -0.05) is 72.5 Å². The quantitative estimate of drug-likeness (QED) is 0.267. The van der Waals surface area contributed by atoms with Gasteiger partial charge in [-0.25, -0.2) is 0 Å². The average molecular weight is 492 g/mol. The average Bonchev–Trinajstić information content (AvgIpc) is 3.12. The fourth-order valence-corrected chi connectivity index (χ4v) is 4.69. The third kappa shape index (κ3) is 5.79. The van der Waals surface area contributed by atoms with E-state index < -0.39 is 0 Å². The van der Waals surface area contributed by atoms with Gasteiger partial charge in [-0.2, -0.15) is 0 Å². The highest BCUT2D eigenvalue weighted by Crippen LogP contribution is 2.36. The lowest BCUT2D eigenvalue weighted by Crippen LogP contribution is -2.27. The van der Waals surface area contributed by atoms with Gasteiger partial charge in [-0.3, -0.25) is 9.69 Å². The molecule has 0 bridgehead atoms. The molecule has 0 unspecified atom stereocenters. The van der Waals surface area contributed by atoms with Crippen molar-refractivity contribution in [3.63, 3.8) is 0 Å². The molecule has 1 aliphatic rings. The van der Waals surface area contributed by atoms with Gasteiger partial charge in [0.15, 0.2) is 11.5 Å². The number of methoxy groups -OCH3 is 1. The summed E-state index contributed by atoms with van der Waals surface area (Å²) in [5.41, 5.74) is 2.91. The molecule has 7 heteroatoms. The van der Waals surface area contributed by atoms with Gasteiger partial charge in [0.05, 0.1) is 25.2 Å². The molecule has 0 N–H and O–H groups in total. The summed E-state index contributed by atoms with van der Waals surface area (Å²) in [6.45, 7) is 3.31. The number of benzene rings is 3. The molecule has 3 aromatic carbocycles. The number of nitrogens with zero attached hydrogens (tertiary/aromatic N) is 1. The van der Waals surface area contributed by atoms with Crippen LogP contribution in [0.15, 0.2) is 77.7 Å². The van der Waals surface area contributed by atoms with E-state index in [9.17, 15) is 4.79 Å². The van der Waals surface area contributed by atoms with Crippen molar-refractivity contribution in [3.05, 3.63) is 94.4 Å². The monoisotopic (exact) mass is 491 g/mol. The molecule has 0 atom stereocenters. The normalized spacial score (nSPS) is 14.5. The van der Waals surface area contributed by atoms with Crippen LogP contribution in [0.5, 0.6) is 17.2 Å². The Morgan fingerprint density at radius 1 is 0.941 bits per heavy atom. The van der Waals surface area contributed by atoms with Crippen LogP contribution >= 0.6 is 24.0 Å². The van der Waals surface area contributed by atoms with Crippen LogP contribution in [-0.4, -0.2) is 28.8 Å². The molecule has 5 nitrogen and oxygen atoms in total. The van der Waals surface area contributed by atoms with E-state index in [1.807, 2.05) is 85.8 Å². The number of ether oxygens (including phenoxy) is 3. The van der Waals surface area contributed by atoms with E-state index in [1.165, 1.54) is 11.8 Å². The Bertz CT molecular complexity index is 1190. The molecule has 1 fully saturated rings. The molecule has 0 aromatic heterocycles. The number of carbonyl (C=O) groups excluding carboxylic acids is 1. The van der Waals surface area contributed by atoms with Crippen LogP contribution in [0, 0.1) is 0 Å². The lowest BCUT2D eigenvalue weighted by atomic mass is 10.1. The molecule has 1 heterocycles. The smallest absolute Gasteiger partial charge is 0.266 e. The van der Waals surface area contributed by atoms with Crippen LogP contribution in [0.3, 0.4) is 0 Å². The Labute approximate surface area is 209 Å². The SMILES string of the molecule is CCOc1cc(/C=C2\SC(=S)N(Cc3ccc(OC)cc3)C2=O)ccc1OCc1ccccc1. The van der Waals surface area contributed by atoms with Crippen molar-refractivity contribution in [2.24, 2.45) is 0 Å². The van der Waals surface area contributed by atoms with Crippen molar-refractivity contribution in [1.29, 1.82) is 0 Å². The fourth-order valence-electron chi connectivity index (χ4n) is 3.44. The maximum atomic E-state index is 13.1. The summed E-state index contributed by atoms with van der Waals surface area (Å²) in [5.74, 6) is 1.97. The van der Waals surface area contributed by atoms with Crippen molar-refractivity contribution >= 4 is 40.3 Å². The fraction of sp³-hybridized carbons (Fsp3) is 0.185. The Balaban J connectivity index is 1.49. The zero-order chi connectivity index (χ0) is 23.9. The molecular formula is C27H25NO4S2. The molecule has 1 saturated heterocycles. The van der Waals surface area contributed by atoms with Gasteiger partial charge < -0.3 is 14.2 Å². The minimum atomic E-state index is -0.104. The van der Waals surface area contributed by atoms with Crippen LogP contribution in [-0.2, 0) is 17.9 Å². The molecule has 174 valence electrons. The van der Waals surface area contributed by atoms with Gasteiger partial charge in [0.1, 0.15) is 16.7 Å². The summed E-state index contributed by atoms with van der Waals surface area (Å²) < 4.78 is 17.5. The predicted octanol–water partition coefficient (Wildman–Crippen LogP) is 6.07. The zero-order valence-corrected chi connectivity index (χ0v) is 20.7. The lowest BCUT2D eigenvalue weighted by molar-refractivity contribution is -0.122. The van der Waals surface area contributed by atoms with Crippen molar-refractivity contribution in [3.8, 4) is 17.2 Å². The highest BCUT2D eigenvalue weighted by atomic mass is 32.2. The van der Waals surface area contributed by atoms with E-state index >= 15 is 0 Å². The van der Waals surface area contributed by atoms with Crippen LogP contribution in [0.2, 0.25) is 0 Å². The first-order chi connectivity index (χ1) is 16.6. The Morgan fingerprint density at radius 2 is 1.71 bits per heavy atom. The molecule has 0 spiro atoms. The summed E-state index contributed by atoms with van der Waals surface area (Å²) in [5, 5.41) is 0. The molecule has 1 amide bonds. The molecule has 4 rings (SSSR count). The number of hydrogen-bond acceptors (Lipinski definition) is 6. The highest BCUT2D eigenvalue weighted by molar-refractivity contribution is 8.26. The Morgan fingerprint density at radius 3 is 2.41 bits per heavy atom. The third-order valence-electron chi connectivity index (χ3n) is 5.18. The molecule has 34 heavy (non-hydrogen) atoms. The molecular weight excluding hydrogens is 466 g/mol. The van der Waals surface area contributed by atoms with Gasteiger partial charge in [0.2, 0.25) is 0 Å². The molecule has 0 aliphatic carbocycles. The van der Waals surface area contributed by atoms with Gasteiger partial charge in [0.25, 0.3) is 5.91 Å². The van der Waals surface area contributed by atoms with Crippen LogP contribution in [0.4, 0.5) is 0 Å². The van der Waals surface area contributed by atoms with Crippen molar-refractivity contribution in [1.82, 2.24) is 4.90 Å². The first kappa shape index (κ1) is 23.9. The largest absolute Gasteiger partial charge is 0.497 e. The van der Waals surface area contributed by atoms with Crippen molar-refractivity contribution in [2.45, 2.75) is 20.1 Å². The number of thiocarbonyl (C=S) groups is 1. The van der Waals surface area contributed by atoms with Gasteiger partial charge in [0, 0.05) is 0 Å².